The van der Waals surface area contributed by atoms with Crippen LogP contribution in [0.4, 0.5) is 8.78 Å². The first-order valence-electron chi connectivity index (χ1n) is 9.96. The van der Waals surface area contributed by atoms with E-state index in [-0.39, 0.29) is 23.6 Å². The maximum absolute atomic E-state index is 14.5. The fourth-order valence-electron chi connectivity index (χ4n) is 4.87. The maximum Gasteiger partial charge on any atom is 0.254 e. The average Bonchev–Trinajstić information content (AvgIpc) is 3.25. The first kappa shape index (κ1) is 18.8. The molecule has 2 atom stereocenters. The van der Waals surface area contributed by atoms with Crippen LogP contribution in [0.5, 0.6) is 5.75 Å². The van der Waals surface area contributed by atoms with Crippen LogP contribution in [-0.2, 0) is 13.5 Å². The van der Waals surface area contributed by atoms with Crippen molar-refractivity contribution < 1.29 is 18.3 Å². The molecule has 0 spiro atoms. The zero-order chi connectivity index (χ0) is 21.0. The highest BCUT2D eigenvalue weighted by Gasteiger charge is 2.46. The number of aryl methyl sites for hydroxylation is 1. The molecule has 3 aromatic rings. The van der Waals surface area contributed by atoms with E-state index >= 15 is 0 Å². The summed E-state index contributed by atoms with van der Waals surface area (Å²) in [6.45, 7) is 0. The van der Waals surface area contributed by atoms with Gasteiger partial charge in [-0.1, -0.05) is 6.07 Å². The van der Waals surface area contributed by atoms with Crippen LogP contribution in [0.3, 0.4) is 0 Å². The highest BCUT2D eigenvalue weighted by atomic mass is 19.1. The number of fused-ring (bicyclic) bond motifs is 4. The third-order valence-corrected chi connectivity index (χ3v) is 6.17. The average molecular weight is 409 g/mol. The molecule has 30 heavy (non-hydrogen) atoms. The third kappa shape index (κ3) is 2.80. The van der Waals surface area contributed by atoms with Gasteiger partial charge >= 0.3 is 0 Å². The molecular weight excluding hydrogens is 388 g/mol. The van der Waals surface area contributed by atoms with E-state index < -0.39 is 11.6 Å². The fourth-order valence-corrected chi connectivity index (χ4v) is 4.87. The molecule has 1 amide bonds. The summed E-state index contributed by atoms with van der Waals surface area (Å²) in [6.07, 6.45) is 2.22. The monoisotopic (exact) mass is 409 g/mol. The molecule has 2 aromatic carbocycles. The van der Waals surface area contributed by atoms with Gasteiger partial charge < -0.3 is 9.64 Å². The molecule has 3 heterocycles. The van der Waals surface area contributed by atoms with E-state index in [0.717, 1.165) is 36.2 Å². The van der Waals surface area contributed by atoms with Crippen LogP contribution in [0.1, 0.15) is 40.5 Å². The number of hydrogen-bond acceptors (Lipinski definition) is 3. The fraction of sp³-hybridized carbons (Fsp3) is 0.304. The lowest BCUT2D eigenvalue weighted by Gasteiger charge is -2.34. The number of ether oxygens (including phenoxy) is 1. The first-order chi connectivity index (χ1) is 14.5. The Labute approximate surface area is 172 Å². The molecule has 0 aliphatic carbocycles. The largest absolute Gasteiger partial charge is 0.497 e. The Balaban J connectivity index is 1.56. The zero-order valence-electron chi connectivity index (χ0n) is 16.7. The zero-order valence-corrected chi connectivity index (χ0v) is 16.7. The number of amides is 1. The molecule has 5 nitrogen and oxygen atoms in total. The summed E-state index contributed by atoms with van der Waals surface area (Å²) in [4.78, 5) is 15.2. The van der Waals surface area contributed by atoms with Crippen molar-refractivity contribution in [2.24, 2.45) is 7.05 Å². The van der Waals surface area contributed by atoms with Crippen molar-refractivity contribution in [3.05, 3.63) is 70.9 Å². The Kier molecular flexibility index (Phi) is 4.34. The number of methoxy groups -OCH3 is 1. The van der Waals surface area contributed by atoms with Gasteiger partial charge in [-0.3, -0.25) is 9.48 Å². The number of carbonyl (C=O) groups excluding carboxylic acids is 1. The van der Waals surface area contributed by atoms with Crippen LogP contribution >= 0.6 is 0 Å². The minimum absolute atomic E-state index is 0.000714. The van der Waals surface area contributed by atoms with Crippen LogP contribution in [-0.4, -0.2) is 33.7 Å². The number of benzene rings is 2. The SMILES string of the molecule is COc1cccc(C(=O)N2C3CCC2c2nn(C)c(-c4cc(F)ccc4F)c2C3)c1. The van der Waals surface area contributed by atoms with Crippen molar-refractivity contribution in [3.8, 4) is 17.0 Å². The Morgan fingerprint density at radius 3 is 2.80 bits per heavy atom. The van der Waals surface area contributed by atoms with Gasteiger partial charge in [-0.05, 0) is 55.7 Å². The van der Waals surface area contributed by atoms with Gasteiger partial charge in [-0.2, -0.15) is 5.10 Å². The Bertz CT molecular complexity index is 1160. The van der Waals surface area contributed by atoms with Crippen molar-refractivity contribution in [1.82, 2.24) is 14.7 Å². The van der Waals surface area contributed by atoms with Gasteiger partial charge in [0, 0.05) is 29.8 Å². The minimum Gasteiger partial charge on any atom is -0.497 e. The highest BCUT2D eigenvalue weighted by Crippen LogP contribution is 2.47. The molecule has 0 radical (unpaired) electrons. The van der Waals surface area contributed by atoms with Crippen LogP contribution < -0.4 is 4.74 Å². The van der Waals surface area contributed by atoms with Crippen molar-refractivity contribution in [2.45, 2.75) is 31.3 Å². The quantitative estimate of drug-likeness (QED) is 0.649. The number of nitrogens with zero attached hydrogens (tertiary/aromatic N) is 3. The lowest BCUT2D eigenvalue weighted by Crippen LogP contribution is -2.41. The Morgan fingerprint density at radius 1 is 1.17 bits per heavy atom. The summed E-state index contributed by atoms with van der Waals surface area (Å²) < 4.78 is 35.2. The highest BCUT2D eigenvalue weighted by molar-refractivity contribution is 5.95. The Hall–Kier alpha value is -3.22. The summed E-state index contributed by atoms with van der Waals surface area (Å²) in [5, 5.41) is 4.65. The van der Waals surface area contributed by atoms with E-state index in [1.807, 2.05) is 4.90 Å². The molecule has 7 heteroatoms. The molecule has 2 bridgehead atoms. The van der Waals surface area contributed by atoms with Gasteiger partial charge in [0.25, 0.3) is 5.91 Å². The molecule has 1 saturated heterocycles. The summed E-state index contributed by atoms with van der Waals surface area (Å²) in [5.41, 5.74) is 3.05. The molecule has 5 rings (SSSR count). The van der Waals surface area contributed by atoms with Crippen molar-refractivity contribution in [2.75, 3.05) is 7.11 Å². The second kappa shape index (κ2) is 6.93. The molecule has 2 aliphatic rings. The first-order valence-corrected chi connectivity index (χ1v) is 9.96. The normalized spacial score (nSPS) is 19.7. The lowest BCUT2D eigenvalue weighted by atomic mass is 9.94. The smallest absolute Gasteiger partial charge is 0.254 e. The molecule has 0 saturated carbocycles. The van der Waals surface area contributed by atoms with E-state index in [9.17, 15) is 13.6 Å². The molecule has 2 aliphatic heterocycles. The maximum atomic E-state index is 14.5. The number of rotatable bonds is 3. The van der Waals surface area contributed by atoms with Crippen LogP contribution in [0.25, 0.3) is 11.3 Å². The number of carbonyl (C=O) groups is 1. The molecule has 2 unspecified atom stereocenters. The summed E-state index contributed by atoms with van der Waals surface area (Å²) in [6, 6.07) is 10.4. The van der Waals surface area contributed by atoms with E-state index in [1.54, 1.807) is 43.1 Å². The Morgan fingerprint density at radius 2 is 2.00 bits per heavy atom. The minimum atomic E-state index is -0.491. The van der Waals surface area contributed by atoms with Crippen LogP contribution in [0, 0.1) is 11.6 Å². The van der Waals surface area contributed by atoms with Crippen molar-refractivity contribution in [1.29, 1.82) is 0 Å². The predicted octanol–water partition coefficient (Wildman–Crippen LogP) is 4.28. The molecule has 154 valence electrons. The third-order valence-electron chi connectivity index (χ3n) is 6.17. The topological polar surface area (TPSA) is 47.4 Å². The predicted molar refractivity (Wildman–Crippen MR) is 107 cm³/mol. The molecular formula is C23H21F2N3O2. The molecule has 1 fully saturated rings. The van der Waals surface area contributed by atoms with Gasteiger partial charge in [0.2, 0.25) is 0 Å². The van der Waals surface area contributed by atoms with Crippen LogP contribution in [0.2, 0.25) is 0 Å². The number of aromatic nitrogens is 2. The second-order valence-corrected chi connectivity index (χ2v) is 7.86. The second-order valence-electron chi connectivity index (χ2n) is 7.86. The summed E-state index contributed by atoms with van der Waals surface area (Å²) in [7, 11) is 3.31. The van der Waals surface area contributed by atoms with E-state index in [2.05, 4.69) is 5.10 Å². The van der Waals surface area contributed by atoms with E-state index in [1.165, 1.54) is 6.07 Å². The van der Waals surface area contributed by atoms with Crippen LogP contribution in [0.15, 0.2) is 42.5 Å². The van der Waals surface area contributed by atoms with Gasteiger partial charge in [-0.15, -0.1) is 0 Å². The van der Waals surface area contributed by atoms with E-state index in [0.29, 0.717) is 23.4 Å². The van der Waals surface area contributed by atoms with Gasteiger partial charge in [0.15, 0.2) is 0 Å². The summed E-state index contributed by atoms with van der Waals surface area (Å²) in [5.74, 6) is -0.400. The standard InChI is InChI=1S/C23H21F2N3O2/c1-27-22(17-11-14(24)6-8-19(17)25)18-12-15-7-9-20(21(18)26-27)28(15)23(29)13-4-3-5-16(10-13)30-2/h3-6,8,10-11,15,20H,7,9,12H2,1-2H3. The molecule has 1 aromatic heterocycles. The number of halogens is 2. The number of hydrogen-bond donors (Lipinski definition) is 0. The van der Waals surface area contributed by atoms with Gasteiger partial charge in [0.1, 0.15) is 17.4 Å². The van der Waals surface area contributed by atoms with Gasteiger partial charge in [0.05, 0.1) is 24.5 Å². The van der Waals surface area contributed by atoms with E-state index in [4.69, 9.17) is 4.74 Å². The van der Waals surface area contributed by atoms with Gasteiger partial charge in [-0.25, -0.2) is 8.78 Å². The molecule has 0 N–H and O–H groups in total. The van der Waals surface area contributed by atoms with Crippen molar-refractivity contribution >= 4 is 5.91 Å². The summed E-state index contributed by atoms with van der Waals surface area (Å²) >= 11 is 0. The van der Waals surface area contributed by atoms with Crippen molar-refractivity contribution in [3.63, 3.8) is 0 Å². The lowest BCUT2D eigenvalue weighted by molar-refractivity contribution is 0.0642.